The summed E-state index contributed by atoms with van der Waals surface area (Å²) in [5.74, 6) is 0.876. The lowest BCUT2D eigenvalue weighted by molar-refractivity contribution is 0.156. The highest BCUT2D eigenvalue weighted by molar-refractivity contribution is 4.78. The van der Waals surface area contributed by atoms with E-state index < -0.39 is 0 Å². The third-order valence-electron chi connectivity index (χ3n) is 2.96. The topological polar surface area (TPSA) is 32.3 Å². The number of nitrogens with one attached hydrogen (secondary N) is 1. The van der Waals surface area contributed by atoms with E-state index in [2.05, 4.69) is 19.2 Å². The molecule has 0 spiro atoms. The molecule has 0 radical (unpaired) electrons. The molecular weight excluding hydrogens is 162 g/mol. The minimum absolute atomic E-state index is 0.138. The number of aliphatic hydroxyl groups is 1. The van der Waals surface area contributed by atoms with Crippen molar-refractivity contribution in [2.45, 2.75) is 58.1 Å². The van der Waals surface area contributed by atoms with Crippen LogP contribution in [0.3, 0.4) is 0 Å². The first kappa shape index (κ1) is 11.0. The van der Waals surface area contributed by atoms with Gasteiger partial charge >= 0.3 is 0 Å². The minimum atomic E-state index is -0.138. The molecule has 2 N–H and O–H groups in total. The summed E-state index contributed by atoms with van der Waals surface area (Å²) in [6.45, 7) is 5.20. The zero-order valence-corrected chi connectivity index (χ0v) is 8.92. The molecule has 0 aromatic carbocycles. The van der Waals surface area contributed by atoms with Crippen LogP contribution in [0.2, 0.25) is 0 Å². The first-order valence-corrected chi connectivity index (χ1v) is 5.63. The Kier molecular flexibility index (Phi) is 4.74. The molecule has 0 aromatic heterocycles. The van der Waals surface area contributed by atoms with Crippen LogP contribution in [0.25, 0.3) is 0 Å². The molecule has 1 fully saturated rings. The van der Waals surface area contributed by atoms with Crippen molar-refractivity contribution in [3.63, 3.8) is 0 Å². The molecule has 1 saturated carbocycles. The second kappa shape index (κ2) is 5.61. The number of aliphatic hydroxyl groups excluding tert-OH is 1. The Balaban J connectivity index is 2.05. The second-order valence-corrected chi connectivity index (χ2v) is 4.47. The van der Waals surface area contributed by atoms with Gasteiger partial charge in [0.15, 0.2) is 0 Å². The summed E-state index contributed by atoms with van der Waals surface area (Å²) in [5, 5.41) is 13.0. The maximum absolute atomic E-state index is 9.51. The predicted octanol–water partition coefficient (Wildman–Crippen LogP) is 1.93. The lowest BCUT2D eigenvalue weighted by atomic mass is 10.1. The molecule has 3 unspecified atom stereocenters. The second-order valence-electron chi connectivity index (χ2n) is 4.47. The quantitative estimate of drug-likeness (QED) is 0.686. The Bertz CT molecular complexity index is 138. The fraction of sp³-hybridized carbons (Fsp3) is 1.00. The van der Waals surface area contributed by atoms with Crippen molar-refractivity contribution in [1.82, 2.24) is 5.32 Å². The predicted molar refractivity (Wildman–Crippen MR) is 55.7 cm³/mol. The summed E-state index contributed by atoms with van der Waals surface area (Å²) in [6.07, 6.45) is 5.79. The van der Waals surface area contributed by atoms with Crippen LogP contribution in [-0.2, 0) is 0 Å². The Morgan fingerprint density at radius 3 is 2.77 bits per heavy atom. The van der Waals surface area contributed by atoms with Crippen molar-refractivity contribution in [3.8, 4) is 0 Å². The van der Waals surface area contributed by atoms with Crippen molar-refractivity contribution in [2.24, 2.45) is 5.92 Å². The van der Waals surface area contributed by atoms with E-state index in [1.54, 1.807) is 0 Å². The molecule has 0 heterocycles. The Morgan fingerprint density at radius 1 is 1.46 bits per heavy atom. The lowest BCUT2D eigenvalue weighted by Crippen LogP contribution is -2.33. The maximum Gasteiger partial charge on any atom is 0.0664 e. The average molecular weight is 185 g/mol. The summed E-state index contributed by atoms with van der Waals surface area (Å²) in [4.78, 5) is 0. The van der Waals surface area contributed by atoms with E-state index in [1.165, 1.54) is 19.3 Å². The van der Waals surface area contributed by atoms with Gasteiger partial charge in [-0.2, -0.15) is 0 Å². The fourth-order valence-electron chi connectivity index (χ4n) is 2.13. The first-order valence-electron chi connectivity index (χ1n) is 5.63. The molecule has 2 nitrogen and oxygen atoms in total. The molecule has 0 saturated heterocycles. The molecule has 1 aliphatic rings. The van der Waals surface area contributed by atoms with Gasteiger partial charge in [-0.3, -0.25) is 0 Å². The summed E-state index contributed by atoms with van der Waals surface area (Å²) in [5.41, 5.74) is 0. The van der Waals surface area contributed by atoms with E-state index in [-0.39, 0.29) is 6.10 Å². The van der Waals surface area contributed by atoms with Crippen molar-refractivity contribution in [1.29, 1.82) is 0 Å². The van der Waals surface area contributed by atoms with E-state index in [9.17, 15) is 5.11 Å². The van der Waals surface area contributed by atoms with E-state index >= 15 is 0 Å². The van der Waals surface area contributed by atoms with Crippen molar-refractivity contribution < 1.29 is 5.11 Å². The van der Waals surface area contributed by atoms with Crippen LogP contribution >= 0.6 is 0 Å². The van der Waals surface area contributed by atoms with Gasteiger partial charge in [0.2, 0.25) is 0 Å². The molecule has 3 atom stereocenters. The van der Waals surface area contributed by atoms with Gasteiger partial charge < -0.3 is 10.4 Å². The molecule has 2 heteroatoms. The van der Waals surface area contributed by atoms with E-state index in [1.807, 2.05) is 0 Å². The number of hydrogen-bond acceptors (Lipinski definition) is 2. The molecule has 78 valence electrons. The molecule has 1 rings (SSSR count). The molecule has 13 heavy (non-hydrogen) atoms. The van der Waals surface area contributed by atoms with Gasteiger partial charge in [-0.25, -0.2) is 0 Å². The largest absolute Gasteiger partial charge is 0.392 e. The molecule has 0 bridgehead atoms. The van der Waals surface area contributed by atoms with Gasteiger partial charge in [0.25, 0.3) is 0 Å². The van der Waals surface area contributed by atoms with Gasteiger partial charge in [-0.15, -0.1) is 0 Å². The third-order valence-corrected chi connectivity index (χ3v) is 2.96. The van der Waals surface area contributed by atoms with Gasteiger partial charge in [0.05, 0.1) is 6.10 Å². The van der Waals surface area contributed by atoms with E-state index in [4.69, 9.17) is 0 Å². The summed E-state index contributed by atoms with van der Waals surface area (Å²) >= 11 is 0. The van der Waals surface area contributed by atoms with Crippen LogP contribution in [0.4, 0.5) is 0 Å². The minimum Gasteiger partial charge on any atom is -0.392 e. The molecule has 0 aromatic rings. The van der Waals surface area contributed by atoms with Crippen LogP contribution in [0.5, 0.6) is 0 Å². The number of hydrogen-bond donors (Lipinski definition) is 2. The monoisotopic (exact) mass is 185 g/mol. The highest BCUT2D eigenvalue weighted by atomic mass is 16.3. The zero-order chi connectivity index (χ0) is 9.68. The van der Waals surface area contributed by atoms with Crippen LogP contribution in [-0.4, -0.2) is 23.8 Å². The van der Waals surface area contributed by atoms with Crippen molar-refractivity contribution in [2.75, 3.05) is 6.54 Å². The SMILES string of the molecule is CCCC(O)CNC1CCC(C)C1. The molecule has 0 amide bonds. The maximum atomic E-state index is 9.51. The highest BCUT2D eigenvalue weighted by Gasteiger charge is 2.20. The molecule has 1 aliphatic carbocycles. The van der Waals surface area contributed by atoms with Crippen molar-refractivity contribution >= 4 is 0 Å². The summed E-state index contributed by atoms with van der Waals surface area (Å²) in [7, 11) is 0. The van der Waals surface area contributed by atoms with Crippen molar-refractivity contribution in [3.05, 3.63) is 0 Å². The van der Waals surface area contributed by atoms with Gasteiger partial charge in [-0.1, -0.05) is 20.3 Å². The normalized spacial score (nSPS) is 30.7. The smallest absolute Gasteiger partial charge is 0.0664 e. The van der Waals surface area contributed by atoms with Crippen LogP contribution in [0, 0.1) is 5.92 Å². The Labute approximate surface area is 81.7 Å². The third kappa shape index (κ3) is 4.10. The van der Waals surface area contributed by atoms with Crippen LogP contribution in [0.15, 0.2) is 0 Å². The van der Waals surface area contributed by atoms with Crippen LogP contribution < -0.4 is 5.32 Å². The average Bonchev–Trinajstić information content (AvgIpc) is 2.49. The van der Waals surface area contributed by atoms with Gasteiger partial charge in [0, 0.05) is 12.6 Å². The van der Waals surface area contributed by atoms with E-state index in [0.717, 1.165) is 25.3 Å². The summed E-state index contributed by atoms with van der Waals surface area (Å²) in [6, 6.07) is 0.668. The summed E-state index contributed by atoms with van der Waals surface area (Å²) < 4.78 is 0. The Morgan fingerprint density at radius 2 is 2.23 bits per heavy atom. The van der Waals surface area contributed by atoms with Crippen LogP contribution in [0.1, 0.15) is 46.0 Å². The Hall–Kier alpha value is -0.0800. The lowest BCUT2D eigenvalue weighted by Gasteiger charge is -2.15. The van der Waals surface area contributed by atoms with Gasteiger partial charge in [0.1, 0.15) is 0 Å². The van der Waals surface area contributed by atoms with E-state index in [0.29, 0.717) is 6.04 Å². The fourth-order valence-corrected chi connectivity index (χ4v) is 2.13. The first-order chi connectivity index (χ1) is 6.22. The standard InChI is InChI=1S/C11H23NO/c1-3-4-11(13)8-12-10-6-5-9(2)7-10/h9-13H,3-8H2,1-2H3. The zero-order valence-electron chi connectivity index (χ0n) is 8.92. The molecular formula is C11H23NO. The highest BCUT2D eigenvalue weighted by Crippen LogP contribution is 2.24. The van der Waals surface area contributed by atoms with Gasteiger partial charge in [-0.05, 0) is 31.6 Å². The molecule has 0 aliphatic heterocycles. The number of rotatable bonds is 5.